The maximum atomic E-state index is 12.3. The Bertz CT molecular complexity index is 700. The highest BCUT2D eigenvalue weighted by molar-refractivity contribution is 7.89. The molecule has 0 bridgehead atoms. The molecule has 1 heterocycles. The molecule has 1 atom stereocenters. The Morgan fingerprint density at radius 3 is 2.70 bits per heavy atom. The lowest BCUT2D eigenvalue weighted by Crippen LogP contribution is -2.50. The van der Waals surface area contributed by atoms with Gasteiger partial charge in [-0.3, -0.25) is 0 Å². The molecule has 6 heteroatoms. The molecular formula is C17H23N3O2S. The SMILES string of the molecule is CC#CC1CNCCN1c1ccc(S(=O)(=O)NCC2CC2)cc1. The van der Waals surface area contributed by atoms with Gasteiger partial charge in [0.05, 0.1) is 4.90 Å². The van der Waals surface area contributed by atoms with Crippen molar-refractivity contribution in [2.75, 3.05) is 31.1 Å². The second kappa shape index (κ2) is 6.91. The average molecular weight is 333 g/mol. The van der Waals surface area contributed by atoms with Crippen LogP contribution < -0.4 is 14.9 Å². The summed E-state index contributed by atoms with van der Waals surface area (Å²) in [7, 11) is -3.40. The third-order valence-electron chi connectivity index (χ3n) is 4.29. The fourth-order valence-electron chi connectivity index (χ4n) is 2.76. The number of nitrogens with one attached hydrogen (secondary N) is 2. The highest BCUT2D eigenvalue weighted by Gasteiger charge is 2.25. The number of rotatable bonds is 5. The summed E-state index contributed by atoms with van der Waals surface area (Å²) in [6, 6.07) is 7.25. The Hall–Kier alpha value is -1.55. The highest BCUT2D eigenvalue weighted by atomic mass is 32.2. The third-order valence-corrected chi connectivity index (χ3v) is 5.73. The van der Waals surface area contributed by atoms with Gasteiger partial charge in [-0.25, -0.2) is 13.1 Å². The van der Waals surface area contributed by atoms with Crippen molar-refractivity contribution < 1.29 is 8.42 Å². The summed E-state index contributed by atoms with van der Waals surface area (Å²) < 4.78 is 27.2. The molecular weight excluding hydrogens is 310 g/mol. The summed E-state index contributed by atoms with van der Waals surface area (Å²) >= 11 is 0. The first kappa shape index (κ1) is 16.3. The van der Waals surface area contributed by atoms with Crippen molar-refractivity contribution in [2.45, 2.75) is 30.7 Å². The van der Waals surface area contributed by atoms with Gasteiger partial charge in [0.1, 0.15) is 6.04 Å². The molecule has 23 heavy (non-hydrogen) atoms. The van der Waals surface area contributed by atoms with Gasteiger partial charge in [-0.05, 0) is 49.9 Å². The number of sulfonamides is 1. The van der Waals surface area contributed by atoms with E-state index in [1.165, 1.54) is 0 Å². The Kier molecular flexibility index (Phi) is 4.90. The van der Waals surface area contributed by atoms with Gasteiger partial charge in [0.15, 0.2) is 0 Å². The Morgan fingerprint density at radius 1 is 1.30 bits per heavy atom. The van der Waals surface area contributed by atoms with Crippen molar-refractivity contribution in [1.29, 1.82) is 0 Å². The molecule has 1 saturated carbocycles. The predicted molar refractivity (Wildman–Crippen MR) is 91.8 cm³/mol. The minimum atomic E-state index is -3.40. The number of hydrogen-bond donors (Lipinski definition) is 2. The van der Waals surface area contributed by atoms with Gasteiger partial charge in [0, 0.05) is 31.9 Å². The van der Waals surface area contributed by atoms with Gasteiger partial charge >= 0.3 is 0 Å². The van der Waals surface area contributed by atoms with Crippen molar-refractivity contribution in [1.82, 2.24) is 10.0 Å². The smallest absolute Gasteiger partial charge is 0.240 e. The summed E-state index contributed by atoms with van der Waals surface area (Å²) in [6.45, 7) is 4.99. The lowest BCUT2D eigenvalue weighted by Gasteiger charge is -2.35. The van der Waals surface area contributed by atoms with Crippen LogP contribution in [0.2, 0.25) is 0 Å². The number of benzene rings is 1. The van der Waals surface area contributed by atoms with E-state index in [1.54, 1.807) is 12.1 Å². The van der Waals surface area contributed by atoms with E-state index in [2.05, 4.69) is 26.8 Å². The summed E-state index contributed by atoms with van der Waals surface area (Å²) in [5, 5.41) is 3.34. The average Bonchev–Trinajstić information content (AvgIpc) is 3.39. The number of hydrogen-bond acceptors (Lipinski definition) is 4. The molecule has 2 fully saturated rings. The molecule has 0 amide bonds. The van der Waals surface area contributed by atoms with Crippen LogP contribution in [0.3, 0.4) is 0 Å². The normalized spacial score (nSPS) is 21.6. The number of piperazine rings is 1. The van der Waals surface area contributed by atoms with E-state index in [0.29, 0.717) is 17.4 Å². The van der Waals surface area contributed by atoms with E-state index in [4.69, 9.17) is 0 Å². The van der Waals surface area contributed by atoms with Crippen molar-refractivity contribution in [3.63, 3.8) is 0 Å². The highest BCUT2D eigenvalue weighted by Crippen LogP contribution is 2.28. The Morgan fingerprint density at radius 2 is 2.04 bits per heavy atom. The summed E-state index contributed by atoms with van der Waals surface area (Å²) in [6.07, 6.45) is 2.26. The van der Waals surface area contributed by atoms with E-state index in [9.17, 15) is 8.42 Å². The first-order valence-electron chi connectivity index (χ1n) is 8.09. The fourth-order valence-corrected chi connectivity index (χ4v) is 3.87. The summed E-state index contributed by atoms with van der Waals surface area (Å²) in [5.74, 6) is 6.70. The fraction of sp³-hybridized carbons (Fsp3) is 0.529. The maximum absolute atomic E-state index is 12.3. The topological polar surface area (TPSA) is 61.4 Å². The van der Waals surface area contributed by atoms with Gasteiger partial charge in [-0.2, -0.15) is 0 Å². The van der Waals surface area contributed by atoms with Crippen molar-refractivity contribution in [3.05, 3.63) is 24.3 Å². The molecule has 1 saturated heterocycles. The molecule has 0 spiro atoms. The van der Waals surface area contributed by atoms with Crippen LogP contribution in [-0.4, -0.2) is 40.6 Å². The number of nitrogens with zero attached hydrogens (tertiary/aromatic N) is 1. The standard InChI is InChI=1S/C17H23N3O2S/c1-2-3-16-13-18-10-11-20(16)15-6-8-17(9-7-15)23(21,22)19-12-14-4-5-14/h6-9,14,16,18-19H,4-5,10-13H2,1H3. The zero-order valence-electron chi connectivity index (χ0n) is 13.4. The second-order valence-electron chi connectivity index (χ2n) is 6.10. The van der Waals surface area contributed by atoms with Gasteiger partial charge < -0.3 is 10.2 Å². The van der Waals surface area contributed by atoms with Crippen molar-refractivity contribution in [2.24, 2.45) is 5.92 Å². The molecule has 1 unspecified atom stereocenters. The van der Waals surface area contributed by atoms with Crippen LogP contribution in [0.5, 0.6) is 0 Å². The molecule has 1 aliphatic heterocycles. The second-order valence-corrected chi connectivity index (χ2v) is 7.86. The lowest BCUT2D eigenvalue weighted by atomic mass is 10.1. The van der Waals surface area contributed by atoms with Gasteiger partial charge in [0.25, 0.3) is 0 Å². The first-order chi connectivity index (χ1) is 11.1. The molecule has 2 N–H and O–H groups in total. The summed E-state index contributed by atoms with van der Waals surface area (Å²) in [5.41, 5.74) is 1.01. The van der Waals surface area contributed by atoms with Crippen LogP contribution >= 0.6 is 0 Å². The lowest BCUT2D eigenvalue weighted by molar-refractivity contribution is 0.538. The third kappa shape index (κ3) is 4.05. The van der Waals surface area contributed by atoms with Crippen LogP contribution in [0.1, 0.15) is 19.8 Å². The summed E-state index contributed by atoms with van der Waals surface area (Å²) in [4.78, 5) is 2.55. The zero-order chi connectivity index (χ0) is 16.3. The van der Waals surface area contributed by atoms with E-state index in [1.807, 2.05) is 19.1 Å². The Labute approximate surface area is 138 Å². The van der Waals surface area contributed by atoms with Crippen LogP contribution in [0.15, 0.2) is 29.2 Å². The minimum Gasteiger partial charge on any atom is -0.355 e. The maximum Gasteiger partial charge on any atom is 0.240 e. The molecule has 3 rings (SSSR count). The van der Waals surface area contributed by atoms with Gasteiger partial charge in [0.2, 0.25) is 10.0 Å². The molecule has 0 radical (unpaired) electrons. The predicted octanol–water partition coefficient (Wildman–Crippen LogP) is 1.18. The quantitative estimate of drug-likeness (QED) is 0.795. The Balaban J connectivity index is 1.73. The van der Waals surface area contributed by atoms with E-state index >= 15 is 0 Å². The van der Waals surface area contributed by atoms with Crippen LogP contribution in [-0.2, 0) is 10.0 Å². The van der Waals surface area contributed by atoms with E-state index in [0.717, 1.165) is 38.2 Å². The molecule has 1 aromatic carbocycles. The molecule has 5 nitrogen and oxygen atoms in total. The molecule has 2 aliphatic rings. The monoisotopic (exact) mass is 333 g/mol. The van der Waals surface area contributed by atoms with Crippen molar-refractivity contribution >= 4 is 15.7 Å². The van der Waals surface area contributed by atoms with E-state index < -0.39 is 10.0 Å². The van der Waals surface area contributed by atoms with Crippen LogP contribution in [0, 0.1) is 17.8 Å². The number of anilines is 1. The zero-order valence-corrected chi connectivity index (χ0v) is 14.2. The van der Waals surface area contributed by atoms with E-state index in [-0.39, 0.29) is 6.04 Å². The minimum absolute atomic E-state index is 0.129. The molecule has 1 aliphatic carbocycles. The van der Waals surface area contributed by atoms with Gasteiger partial charge in [-0.15, -0.1) is 5.92 Å². The largest absolute Gasteiger partial charge is 0.355 e. The molecule has 124 valence electrons. The molecule has 0 aromatic heterocycles. The van der Waals surface area contributed by atoms with Crippen molar-refractivity contribution in [3.8, 4) is 11.8 Å². The molecule has 1 aromatic rings. The first-order valence-corrected chi connectivity index (χ1v) is 9.58. The van der Waals surface area contributed by atoms with Crippen LogP contribution in [0.4, 0.5) is 5.69 Å². The van der Waals surface area contributed by atoms with Crippen LogP contribution in [0.25, 0.3) is 0 Å². The van der Waals surface area contributed by atoms with Gasteiger partial charge in [-0.1, -0.05) is 5.92 Å².